The van der Waals surface area contributed by atoms with E-state index >= 15 is 0 Å². The summed E-state index contributed by atoms with van der Waals surface area (Å²) in [6.45, 7) is 16.5. The molecule has 6 aromatic carbocycles. The third-order valence-electron chi connectivity index (χ3n) is 22.3. The Kier molecular flexibility index (Phi) is 36.4. The molecular formula is C99H117N45O5. The lowest BCUT2D eigenvalue weighted by Crippen LogP contribution is -2.14. The number of aliphatic hydroxyl groups is 1. The van der Waals surface area contributed by atoms with Crippen LogP contribution in [0, 0.1) is 19.8 Å². The molecule has 22 aromatic rings. The fraction of sp³-hybridized carbons (Fsp3) is 0.253. The number of fused-ring (bicyclic) bond motifs is 9. The first-order valence-corrected chi connectivity index (χ1v) is 47.7. The van der Waals surface area contributed by atoms with E-state index in [1.807, 2.05) is 105 Å². The van der Waals surface area contributed by atoms with E-state index in [2.05, 4.69) is 287 Å². The SMILES string of the molecule is CCCCC(CC)COCCOc1nc(N)nc2nc[nH]c12.CCCOc1nc(N)nc2nc[nH]c12.CN(C)c1nc(NCc2ccccc2)c2[nH]cnc2n1.Cc1ccc(CNc2nc(N)nc3nc[nH]c23)cc1C.Nc1nc(NCCc2ccccc2)c2[nH]cnc2n1.Nc1nc(NCc2ccc3ccccc3c2)c2[nH]cnc2n1.Nc1nc(NCc2ccccc2)c2[nH]cnc2n1.Nc1nc(OCCO)c2[nH]cnc2n1. The van der Waals surface area contributed by atoms with Crippen molar-refractivity contribution in [1.82, 2.24) is 159 Å². The number of unbranched alkanes of at least 4 members (excludes halogenated alkanes) is 1. The number of imidazole rings is 8. The standard InChI is InChI=1S/C16H14N6.C15H25N5O2.2C14H16N6.C13H14N6.C12H12N6.C8H11N5O.C7H9N5O2/c17-16-21-14(13-15(22-16)20-9-19-13)18-8-10-5-6-11-3-1-2-4-12(11)7-10;1-3-5-6-11(4-2)9-21-7-8-22-14-12-13(18-10-17-12)19-15(16)20-14;1-8-3-4-10(5-9(8)2)6-16-12-11-13(18-7-17-11)20-14(15)19-12;1-20(2)14-18-12(11-13(19-14)17-9-16-11)15-8-10-6-4-3-5-7-10;14-13-18-11(10-12(19-13)17-8-16-10)15-7-6-9-4-2-1-3-5-9;13-12-17-10(9-11(18-12)16-7-15-9)14-6-8-4-2-1-3-5-8;1-2-3-14-7-5-6(11-4-10-5)12-8(9)13-7;8-7-11-5-4(9-3-10-5)6(12-7)14-2-1-13/h1-7,9H,8H2,(H4,17,18,19,20,21,22);10-11H,3-9H2,1-2H3,(H3,16,17,18,19,20);3-5,7H,6H2,1-2H3,(H4,15,16,17,18,19,20);3-7,9H,8H2,1-2H3,(H2,15,16,17,18,19);1-5,8H,6-7H2,(H4,14,15,16,17,18,19);1-5,7H,6H2,(H4,13,14,15,16,17,18);4H,2-3H2,1H3,(H3,9,10,11,12,13);3,13H,1-2H2,(H3,8,9,10,11,12). The third-order valence-corrected chi connectivity index (χ3v) is 22.3. The van der Waals surface area contributed by atoms with Crippen LogP contribution in [0.1, 0.15) is 91.8 Å². The molecule has 1 unspecified atom stereocenters. The van der Waals surface area contributed by atoms with Crippen LogP contribution < -0.4 is 85.8 Å². The van der Waals surface area contributed by atoms with Crippen molar-refractivity contribution in [3.05, 3.63) is 241 Å². The van der Waals surface area contributed by atoms with Crippen molar-refractivity contribution < 1.29 is 24.1 Å². The molecule has 0 bridgehead atoms. The molecule has 0 radical (unpaired) electrons. The molecule has 0 aliphatic heterocycles. The molecule has 768 valence electrons. The summed E-state index contributed by atoms with van der Waals surface area (Å²) in [6, 6.07) is 51.6. The predicted molar refractivity (Wildman–Crippen MR) is 577 cm³/mol. The lowest BCUT2D eigenvalue weighted by Gasteiger charge is -2.14. The number of aromatic amines is 8. The van der Waals surface area contributed by atoms with Gasteiger partial charge in [0.1, 0.15) is 57.3 Å². The first-order valence-electron chi connectivity index (χ1n) is 47.7. The molecule has 22 rings (SSSR count). The van der Waals surface area contributed by atoms with Crippen LogP contribution >= 0.6 is 0 Å². The number of nitrogens with one attached hydrogen (secondary N) is 13. The van der Waals surface area contributed by atoms with Crippen molar-refractivity contribution in [2.24, 2.45) is 5.92 Å². The molecule has 28 N–H and O–H groups in total. The lowest BCUT2D eigenvalue weighted by atomic mass is 10.0. The maximum atomic E-state index is 8.59. The zero-order valence-electron chi connectivity index (χ0n) is 83.0. The number of anilines is 13. The molecule has 16 aromatic heterocycles. The van der Waals surface area contributed by atoms with Gasteiger partial charge in [-0.2, -0.15) is 79.7 Å². The van der Waals surface area contributed by atoms with E-state index in [9.17, 15) is 0 Å². The number of hydrogen-bond acceptors (Lipinski definition) is 42. The first-order chi connectivity index (χ1) is 72.7. The van der Waals surface area contributed by atoms with Crippen LogP contribution in [0.4, 0.5) is 76.7 Å². The van der Waals surface area contributed by atoms with Crippen LogP contribution in [0.5, 0.6) is 17.6 Å². The average Bonchev–Trinajstić information content (AvgIpc) is 1.67. The minimum Gasteiger partial charge on any atom is -0.476 e. The summed E-state index contributed by atoms with van der Waals surface area (Å²) in [5.74, 6) is 7.20. The highest BCUT2D eigenvalue weighted by atomic mass is 16.5. The van der Waals surface area contributed by atoms with Crippen molar-refractivity contribution >= 4 is 177 Å². The van der Waals surface area contributed by atoms with Gasteiger partial charge in [0.25, 0.3) is 0 Å². The normalized spacial score (nSPS) is 11.1. The van der Waals surface area contributed by atoms with E-state index in [1.165, 1.54) is 81.6 Å². The van der Waals surface area contributed by atoms with Crippen LogP contribution in [0.25, 0.3) is 100 Å². The summed E-state index contributed by atoms with van der Waals surface area (Å²) in [5, 5.41) is 27.4. The number of aromatic nitrogens is 32. The largest absolute Gasteiger partial charge is 0.476 e. The number of hydrogen-bond donors (Lipinski definition) is 21. The van der Waals surface area contributed by atoms with Gasteiger partial charge in [-0.3, -0.25) is 0 Å². The maximum absolute atomic E-state index is 8.59. The van der Waals surface area contributed by atoms with Crippen molar-refractivity contribution in [1.29, 1.82) is 0 Å². The molecule has 50 nitrogen and oxygen atoms in total. The number of rotatable bonds is 33. The van der Waals surface area contributed by atoms with Crippen LogP contribution in [0.3, 0.4) is 0 Å². The Morgan fingerprint density at radius 1 is 0.322 bits per heavy atom. The molecule has 149 heavy (non-hydrogen) atoms. The first kappa shape index (κ1) is 104. The Balaban J connectivity index is 0.000000128. The molecule has 0 saturated carbocycles. The zero-order valence-corrected chi connectivity index (χ0v) is 83.0. The summed E-state index contributed by atoms with van der Waals surface area (Å²) in [4.78, 5) is 124. The molecule has 0 saturated heterocycles. The summed E-state index contributed by atoms with van der Waals surface area (Å²) >= 11 is 0. The number of H-pyrrole nitrogens is 8. The molecule has 0 aliphatic carbocycles. The second-order valence-electron chi connectivity index (χ2n) is 33.4. The van der Waals surface area contributed by atoms with Gasteiger partial charge < -0.3 is 136 Å². The Morgan fingerprint density at radius 2 is 0.664 bits per heavy atom. The highest BCUT2D eigenvalue weighted by Crippen LogP contribution is 2.29. The van der Waals surface area contributed by atoms with Gasteiger partial charge >= 0.3 is 0 Å². The number of aryl methyl sites for hydroxylation is 2. The van der Waals surface area contributed by atoms with Gasteiger partial charge in [-0.15, -0.1) is 0 Å². The van der Waals surface area contributed by atoms with Crippen molar-refractivity contribution in [2.45, 2.75) is 99.3 Å². The molecule has 1 atom stereocenters. The summed E-state index contributed by atoms with van der Waals surface area (Å²) < 4.78 is 21.9. The Bertz CT molecular complexity index is 7890. The monoisotopic (exact) mass is 2020 g/mol. The predicted octanol–water partition coefficient (Wildman–Crippen LogP) is 12.6. The van der Waals surface area contributed by atoms with Crippen molar-refractivity contribution in [3.63, 3.8) is 0 Å². The van der Waals surface area contributed by atoms with Crippen LogP contribution in [0.2, 0.25) is 0 Å². The maximum Gasteiger partial charge on any atom is 0.245 e. The molecule has 0 spiro atoms. The Morgan fingerprint density at radius 3 is 1.06 bits per heavy atom. The van der Waals surface area contributed by atoms with Gasteiger partial charge in [-0.1, -0.05) is 186 Å². The molecule has 0 fully saturated rings. The molecule has 16 heterocycles. The van der Waals surface area contributed by atoms with Gasteiger partial charge in [0, 0.05) is 53.4 Å². The van der Waals surface area contributed by atoms with E-state index in [0.717, 1.165) is 65.8 Å². The average molecular weight is 2020 g/mol. The lowest BCUT2D eigenvalue weighted by molar-refractivity contribution is 0.0692. The zero-order chi connectivity index (χ0) is 104. The van der Waals surface area contributed by atoms with E-state index < -0.39 is 0 Å². The second-order valence-corrected chi connectivity index (χ2v) is 33.4. The van der Waals surface area contributed by atoms with E-state index in [1.54, 1.807) is 38.0 Å². The quantitative estimate of drug-likeness (QED) is 0.0170. The number of aliphatic hydroxyl groups excluding tert-OH is 1. The Labute approximate surface area is 851 Å². The second kappa shape index (κ2) is 52.1. The van der Waals surface area contributed by atoms with Crippen molar-refractivity contribution in [3.8, 4) is 17.6 Å². The van der Waals surface area contributed by atoms with Crippen LogP contribution in [-0.4, -0.2) is 225 Å². The number of ether oxygens (including phenoxy) is 4. The molecular weight excluding hydrogens is 1900 g/mol. The van der Waals surface area contributed by atoms with E-state index in [4.69, 9.17) is 64.2 Å². The van der Waals surface area contributed by atoms with Gasteiger partial charge in [0.05, 0.1) is 70.4 Å². The van der Waals surface area contributed by atoms with Gasteiger partial charge in [0.15, 0.2) is 74.3 Å². The molecule has 0 amide bonds. The number of nitrogens with zero attached hydrogens (tertiary/aromatic N) is 25. The topological polar surface area (TPSA) is 738 Å². The fourth-order valence-corrected chi connectivity index (χ4v) is 14.7. The number of benzene rings is 6. The number of nitrogen functional groups attached to an aromatic ring is 7. The molecule has 0 aliphatic rings. The molecule has 50 heteroatoms. The van der Waals surface area contributed by atoms with Crippen LogP contribution in [0.15, 0.2) is 202 Å². The summed E-state index contributed by atoms with van der Waals surface area (Å²) in [5.41, 5.74) is 58.1. The third kappa shape index (κ3) is 29.3. The van der Waals surface area contributed by atoms with Gasteiger partial charge in [0.2, 0.25) is 65.2 Å². The summed E-state index contributed by atoms with van der Waals surface area (Å²) in [6.07, 6.45) is 19.2. The number of nitrogens with two attached hydrogens (primary N) is 7. The fourth-order valence-electron chi connectivity index (χ4n) is 14.7. The van der Waals surface area contributed by atoms with E-state index in [0.29, 0.717) is 161 Å². The Hall–Kier alpha value is -19.3. The van der Waals surface area contributed by atoms with Crippen molar-refractivity contribution in [2.75, 3.05) is 132 Å². The smallest absolute Gasteiger partial charge is 0.245 e. The van der Waals surface area contributed by atoms with E-state index in [-0.39, 0.29) is 54.9 Å². The van der Waals surface area contributed by atoms with Gasteiger partial charge in [-0.05, 0) is 94.8 Å². The minimum absolute atomic E-state index is 0.0838. The van der Waals surface area contributed by atoms with Crippen LogP contribution in [-0.2, 0) is 37.3 Å². The highest BCUT2D eigenvalue weighted by molar-refractivity contribution is 5.88. The minimum atomic E-state index is -0.0838. The van der Waals surface area contributed by atoms with Gasteiger partial charge in [-0.25, -0.2) is 39.9 Å². The highest BCUT2D eigenvalue weighted by Gasteiger charge is 2.19. The summed E-state index contributed by atoms with van der Waals surface area (Å²) in [7, 11) is 3.82.